The number of aryl methyl sites for hydroxylation is 1. The molecule has 2 nitrogen and oxygen atoms in total. The average molecular weight is 284 g/mol. The molecule has 0 aliphatic carbocycles. The van der Waals surface area contributed by atoms with E-state index >= 15 is 0 Å². The van der Waals surface area contributed by atoms with Crippen molar-refractivity contribution in [3.8, 4) is 0 Å². The smallest absolute Gasteiger partial charge is 0.319 e. The zero-order valence-electron chi connectivity index (χ0n) is 10.6. The van der Waals surface area contributed by atoms with Gasteiger partial charge in [0.15, 0.2) is 0 Å². The van der Waals surface area contributed by atoms with Crippen LogP contribution in [-0.4, -0.2) is 4.98 Å². The summed E-state index contributed by atoms with van der Waals surface area (Å²) in [5.74, 6) is -0.442. The van der Waals surface area contributed by atoms with Crippen molar-refractivity contribution >= 4 is 0 Å². The number of hydrogen-bond acceptors (Lipinski definition) is 2. The van der Waals surface area contributed by atoms with Crippen molar-refractivity contribution in [3.63, 3.8) is 0 Å². The summed E-state index contributed by atoms with van der Waals surface area (Å²) in [5.41, 5.74) is 6.46. The van der Waals surface area contributed by atoms with Crippen molar-refractivity contribution in [1.29, 1.82) is 0 Å². The molecule has 0 aliphatic rings. The number of nitrogens with two attached hydrogens (primary N) is 1. The van der Waals surface area contributed by atoms with Crippen LogP contribution in [0.2, 0.25) is 0 Å². The summed E-state index contributed by atoms with van der Waals surface area (Å²) < 4.78 is 50.6. The molecular weight excluding hydrogens is 272 g/mol. The van der Waals surface area contributed by atoms with Gasteiger partial charge in [0.1, 0.15) is 5.82 Å². The van der Waals surface area contributed by atoms with Crippen molar-refractivity contribution in [2.45, 2.75) is 19.1 Å². The molecular formula is C14H12F4N2. The lowest BCUT2D eigenvalue weighted by atomic mass is 10.0. The Balaban J connectivity index is 2.31. The molecule has 1 aromatic carbocycles. The topological polar surface area (TPSA) is 38.9 Å². The highest BCUT2D eigenvalue weighted by atomic mass is 19.4. The van der Waals surface area contributed by atoms with Gasteiger partial charge in [-0.25, -0.2) is 4.39 Å². The molecule has 0 spiro atoms. The maximum atomic E-state index is 13.3. The van der Waals surface area contributed by atoms with Crippen LogP contribution in [0.1, 0.15) is 28.4 Å². The van der Waals surface area contributed by atoms with E-state index in [-0.39, 0.29) is 5.69 Å². The summed E-state index contributed by atoms with van der Waals surface area (Å²) in [5, 5.41) is 0. The van der Waals surface area contributed by atoms with Crippen molar-refractivity contribution in [2.24, 2.45) is 5.73 Å². The van der Waals surface area contributed by atoms with Crippen molar-refractivity contribution in [3.05, 3.63) is 64.7 Å². The Bertz CT molecular complexity index is 585. The van der Waals surface area contributed by atoms with Gasteiger partial charge in [0.2, 0.25) is 0 Å². The zero-order chi connectivity index (χ0) is 14.9. The summed E-state index contributed by atoms with van der Waals surface area (Å²) in [4.78, 5) is 3.71. The average Bonchev–Trinajstić information content (AvgIpc) is 2.36. The minimum Gasteiger partial charge on any atom is -0.319 e. The standard InChI is InChI=1S/C14H12F4N2/c1-8-4-9(6-11(15)5-8)13(19)12-3-2-10(7-20-12)14(16,17)18/h2-7,13H,19H2,1H3. The van der Waals surface area contributed by atoms with E-state index in [0.29, 0.717) is 11.1 Å². The molecule has 0 fully saturated rings. The van der Waals surface area contributed by atoms with Crippen LogP contribution in [-0.2, 0) is 6.18 Å². The highest BCUT2D eigenvalue weighted by Gasteiger charge is 2.30. The minimum atomic E-state index is -4.44. The maximum absolute atomic E-state index is 13.3. The van der Waals surface area contributed by atoms with Crippen LogP contribution in [0.4, 0.5) is 17.6 Å². The molecule has 2 aromatic rings. The first-order valence-electron chi connectivity index (χ1n) is 5.83. The van der Waals surface area contributed by atoms with Crippen molar-refractivity contribution < 1.29 is 17.6 Å². The fourth-order valence-electron chi connectivity index (χ4n) is 1.87. The zero-order valence-corrected chi connectivity index (χ0v) is 10.6. The number of hydrogen-bond donors (Lipinski definition) is 1. The summed E-state index contributed by atoms with van der Waals surface area (Å²) in [6.45, 7) is 1.71. The van der Waals surface area contributed by atoms with Gasteiger partial charge in [-0.15, -0.1) is 0 Å². The number of alkyl halides is 3. The van der Waals surface area contributed by atoms with Crippen LogP contribution >= 0.6 is 0 Å². The van der Waals surface area contributed by atoms with E-state index in [1.54, 1.807) is 13.0 Å². The van der Waals surface area contributed by atoms with E-state index in [4.69, 9.17) is 5.73 Å². The van der Waals surface area contributed by atoms with Gasteiger partial charge in [0.05, 0.1) is 17.3 Å². The maximum Gasteiger partial charge on any atom is 0.417 e. The van der Waals surface area contributed by atoms with Gasteiger partial charge in [-0.1, -0.05) is 6.07 Å². The SMILES string of the molecule is Cc1cc(F)cc(C(N)c2ccc(C(F)(F)F)cn2)c1. The fraction of sp³-hybridized carbons (Fsp3) is 0.214. The van der Waals surface area contributed by atoms with Gasteiger partial charge in [0, 0.05) is 6.20 Å². The molecule has 2 rings (SSSR count). The third kappa shape index (κ3) is 3.14. The van der Waals surface area contributed by atoms with Gasteiger partial charge in [0.25, 0.3) is 0 Å². The molecule has 0 aliphatic heterocycles. The van der Waals surface area contributed by atoms with Gasteiger partial charge < -0.3 is 5.73 Å². The molecule has 6 heteroatoms. The van der Waals surface area contributed by atoms with E-state index in [1.165, 1.54) is 18.2 Å². The Hall–Kier alpha value is -1.95. The third-order valence-electron chi connectivity index (χ3n) is 2.86. The second-order valence-corrected chi connectivity index (χ2v) is 4.51. The first kappa shape index (κ1) is 14.5. The second kappa shape index (κ2) is 5.20. The molecule has 0 bridgehead atoms. The van der Waals surface area contributed by atoms with Crippen LogP contribution in [0, 0.1) is 12.7 Å². The molecule has 2 N–H and O–H groups in total. The van der Waals surface area contributed by atoms with Gasteiger partial charge in [-0.05, 0) is 42.3 Å². The molecule has 106 valence electrons. The van der Waals surface area contributed by atoms with Crippen molar-refractivity contribution in [1.82, 2.24) is 4.98 Å². The lowest BCUT2D eigenvalue weighted by Gasteiger charge is -2.13. The lowest BCUT2D eigenvalue weighted by Crippen LogP contribution is -2.15. The summed E-state index contributed by atoms with van der Waals surface area (Å²) in [6.07, 6.45) is -3.72. The number of aromatic nitrogens is 1. The molecule has 0 radical (unpaired) electrons. The molecule has 20 heavy (non-hydrogen) atoms. The number of pyridine rings is 1. The Morgan fingerprint density at radius 2 is 1.85 bits per heavy atom. The van der Waals surface area contributed by atoms with Crippen LogP contribution in [0.25, 0.3) is 0 Å². The largest absolute Gasteiger partial charge is 0.417 e. The van der Waals surface area contributed by atoms with Crippen LogP contribution in [0.5, 0.6) is 0 Å². The first-order chi connectivity index (χ1) is 9.27. The molecule has 0 saturated carbocycles. The van der Waals surface area contributed by atoms with E-state index in [2.05, 4.69) is 4.98 Å². The summed E-state index contributed by atoms with van der Waals surface area (Å²) in [7, 11) is 0. The van der Waals surface area contributed by atoms with E-state index in [9.17, 15) is 17.6 Å². The first-order valence-corrected chi connectivity index (χ1v) is 5.83. The minimum absolute atomic E-state index is 0.253. The number of nitrogens with zero attached hydrogens (tertiary/aromatic N) is 1. The van der Waals surface area contributed by atoms with Gasteiger partial charge in [-0.2, -0.15) is 13.2 Å². The Morgan fingerprint density at radius 1 is 1.15 bits per heavy atom. The fourth-order valence-corrected chi connectivity index (χ4v) is 1.87. The van der Waals surface area contributed by atoms with Crippen molar-refractivity contribution in [2.75, 3.05) is 0 Å². The Morgan fingerprint density at radius 3 is 2.35 bits per heavy atom. The third-order valence-corrected chi connectivity index (χ3v) is 2.86. The summed E-state index contributed by atoms with van der Waals surface area (Å²) in [6, 6.07) is 5.61. The normalized spacial score (nSPS) is 13.3. The predicted octanol–water partition coefficient (Wildman–Crippen LogP) is 3.60. The molecule has 1 aromatic heterocycles. The van der Waals surface area contributed by atoms with Gasteiger partial charge >= 0.3 is 6.18 Å². The van der Waals surface area contributed by atoms with Gasteiger partial charge in [-0.3, -0.25) is 4.98 Å². The molecule has 1 unspecified atom stereocenters. The van der Waals surface area contributed by atoms with E-state index < -0.39 is 23.6 Å². The lowest BCUT2D eigenvalue weighted by molar-refractivity contribution is -0.137. The number of rotatable bonds is 2. The number of benzene rings is 1. The molecule has 1 atom stereocenters. The number of halogens is 4. The Labute approximate surface area is 113 Å². The summed E-state index contributed by atoms with van der Waals surface area (Å²) >= 11 is 0. The molecule has 0 amide bonds. The quantitative estimate of drug-likeness (QED) is 0.856. The van der Waals surface area contributed by atoms with Crippen LogP contribution in [0.3, 0.4) is 0 Å². The second-order valence-electron chi connectivity index (χ2n) is 4.51. The van der Waals surface area contributed by atoms with Crippen LogP contribution in [0.15, 0.2) is 36.5 Å². The van der Waals surface area contributed by atoms with E-state index in [0.717, 1.165) is 12.3 Å². The molecule has 0 saturated heterocycles. The monoisotopic (exact) mass is 284 g/mol. The Kier molecular flexibility index (Phi) is 3.76. The highest BCUT2D eigenvalue weighted by Crippen LogP contribution is 2.29. The highest BCUT2D eigenvalue weighted by molar-refractivity contribution is 5.32. The molecule has 1 heterocycles. The van der Waals surface area contributed by atoms with E-state index in [1.807, 2.05) is 0 Å². The predicted molar refractivity (Wildman–Crippen MR) is 66.4 cm³/mol. The van der Waals surface area contributed by atoms with Crippen LogP contribution < -0.4 is 5.73 Å².